The number of hydrogen-bond acceptors (Lipinski definition) is 3. The Kier molecular flexibility index (Phi) is 3.74. The maximum absolute atomic E-state index is 4.17. The third-order valence-electron chi connectivity index (χ3n) is 2.65. The van der Waals surface area contributed by atoms with Crippen molar-refractivity contribution < 1.29 is 0 Å². The van der Waals surface area contributed by atoms with Gasteiger partial charge in [0, 0.05) is 29.9 Å². The topological polar surface area (TPSA) is 29.9 Å². The van der Waals surface area contributed by atoms with Crippen molar-refractivity contribution in [3.8, 4) is 0 Å². The quantitative estimate of drug-likeness (QED) is 0.863. The van der Waals surface area contributed by atoms with Gasteiger partial charge in [0.05, 0.1) is 6.54 Å². The van der Waals surface area contributed by atoms with Crippen LogP contribution in [0.15, 0.2) is 29.9 Å². The minimum absolute atomic E-state index is 0.426. The van der Waals surface area contributed by atoms with E-state index < -0.39 is 0 Å². The van der Waals surface area contributed by atoms with Crippen molar-refractivity contribution in [2.45, 2.75) is 26.4 Å². The SMILES string of the molecule is Cc1ccsc1C(C)NCCn1cccn1. The fraction of sp³-hybridized carbons (Fsp3) is 0.417. The number of rotatable bonds is 5. The van der Waals surface area contributed by atoms with Crippen molar-refractivity contribution in [1.82, 2.24) is 15.1 Å². The summed E-state index contributed by atoms with van der Waals surface area (Å²) in [6.07, 6.45) is 3.80. The molecule has 2 aromatic rings. The highest BCUT2D eigenvalue weighted by atomic mass is 32.1. The van der Waals surface area contributed by atoms with Crippen LogP contribution in [-0.4, -0.2) is 16.3 Å². The van der Waals surface area contributed by atoms with Crippen molar-refractivity contribution in [2.75, 3.05) is 6.54 Å². The molecule has 3 nitrogen and oxygen atoms in total. The first-order valence-corrected chi connectivity index (χ1v) is 6.40. The Bertz CT molecular complexity index is 419. The maximum Gasteiger partial charge on any atom is 0.0534 e. The second-order valence-corrected chi connectivity index (χ2v) is 4.86. The Balaban J connectivity index is 1.80. The zero-order valence-corrected chi connectivity index (χ0v) is 10.5. The normalized spacial score (nSPS) is 12.9. The summed E-state index contributed by atoms with van der Waals surface area (Å²) >= 11 is 1.82. The van der Waals surface area contributed by atoms with Gasteiger partial charge in [-0.1, -0.05) is 0 Å². The zero-order valence-electron chi connectivity index (χ0n) is 9.68. The number of nitrogens with zero attached hydrogens (tertiary/aromatic N) is 2. The fourth-order valence-corrected chi connectivity index (χ4v) is 2.71. The molecule has 2 heterocycles. The van der Waals surface area contributed by atoms with Gasteiger partial charge in [-0.15, -0.1) is 11.3 Å². The molecule has 2 rings (SSSR count). The lowest BCUT2D eigenvalue weighted by atomic mass is 10.2. The molecule has 0 aliphatic carbocycles. The van der Waals surface area contributed by atoms with Crippen LogP contribution in [0.3, 0.4) is 0 Å². The van der Waals surface area contributed by atoms with Gasteiger partial charge in [-0.25, -0.2) is 0 Å². The molecule has 0 amide bonds. The average Bonchev–Trinajstić information content (AvgIpc) is 2.88. The van der Waals surface area contributed by atoms with Gasteiger partial charge in [0.1, 0.15) is 0 Å². The first-order chi connectivity index (χ1) is 7.77. The molecule has 16 heavy (non-hydrogen) atoms. The first kappa shape index (κ1) is 11.4. The van der Waals surface area contributed by atoms with Crippen molar-refractivity contribution in [2.24, 2.45) is 0 Å². The standard InChI is InChI=1S/C12H17N3S/c1-10-4-9-16-12(10)11(2)13-6-8-15-7-3-5-14-15/h3-5,7,9,11,13H,6,8H2,1-2H3. The third kappa shape index (κ3) is 2.71. The number of aryl methyl sites for hydroxylation is 1. The van der Waals surface area contributed by atoms with E-state index in [0.717, 1.165) is 13.1 Å². The summed E-state index contributed by atoms with van der Waals surface area (Å²) < 4.78 is 1.95. The highest BCUT2D eigenvalue weighted by Crippen LogP contribution is 2.22. The van der Waals surface area contributed by atoms with Gasteiger partial charge in [0.25, 0.3) is 0 Å². The summed E-state index contributed by atoms with van der Waals surface area (Å²) in [5.74, 6) is 0. The minimum atomic E-state index is 0.426. The Hall–Kier alpha value is -1.13. The van der Waals surface area contributed by atoms with Crippen LogP contribution in [0.2, 0.25) is 0 Å². The largest absolute Gasteiger partial charge is 0.308 e. The van der Waals surface area contributed by atoms with E-state index in [4.69, 9.17) is 0 Å². The molecule has 0 saturated carbocycles. The first-order valence-electron chi connectivity index (χ1n) is 5.52. The van der Waals surface area contributed by atoms with E-state index >= 15 is 0 Å². The molecule has 0 fully saturated rings. The molecule has 2 aromatic heterocycles. The molecule has 1 unspecified atom stereocenters. The lowest BCUT2D eigenvalue weighted by Gasteiger charge is -2.13. The third-order valence-corrected chi connectivity index (χ3v) is 3.85. The predicted molar refractivity (Wildman–Crippen MR) is 67.7 cm³/mol. The smallest absolute Gasteiger partial charge is 0.0534 e. The molecule has 1 atom stereocenters. The predicted octanol–water partition coefficient (Wildman–Crippen LogP) is 2.60. The molecule has 0 aromatic carbocycles. The number of thiophene rings is 1. The van der Waals surface area contributed by atoms with E-state index in [2.05, 4.69) is 35.7 Å². The van der Waals surface area contributed by atoms with Gasteiger partial charge < -0.3 is 5.32 Å². The van der Waals surface area contributed by atoms with Crippen molar-refractivity contribution >= 4 is 11.3 Å². The van der Waals surface area contributed by atoms with Gasteiger partial charge in [-0.05, 0) is 36.9 Å². The monoisotopic (exact) mass is 235 g/mol. The molecule has 0 aliphatic heterocycles. The van der Waals surface area contributed by atoms with E-state index in [0.29, 0.717) is 6.04 Å². The van der Waals surface area contributed by atoms with E-state index in [1.54, 1.807) is 0 Å². The lowest BCUT2D eigenvalue weighted by Crippen LogP contribution is -2.23. The van der Waals surface area contributed by atoms with Crippen LogP contribution >= 0.6 is 11.3 Å². The highest BCUT2D eigenvalue weighted by Gasteiger charge is 2.08. The van der Waals surface area contributed by atoms with E-state index in [9.17, 15) is 0 Å². The molecule has 1 N–H and O–H groups in total. The maximum atomic E-state index is 4.17. The summed E-state index contributed by atoms with van der Waals surface area (Å²) in [5, 5.41) is 9.84. The summed E-state index contributed by atoms with van der Waals surface area (Å²) in [5.41, 5.74) is 1.38. The van der Waals surface area contributed by atoms with Crippen LogP contribution in [0.25, 0.3) is 0 Å². The Labute approximate surface area is 100 Å². The number of hydrogen-bond donors (Lipinski definition) is 1. The van der Waals surface area contributed by atoms with Gasteiger partial charge in [0.15, 0.2) is 0 Å². The summed E-state index contributed by atoms with van der Waals surface area (Å²) in [6.45, 7) is 6.24. The number of aromatic nitrogens is 2. The molecule has 0 aliphatic rings. The molecule has 4 heteroatoms. The fourth-order valence-electron chi connectivity index (χ4n) is 1.75. The Morgan fingerprint density at radius 2 is 2.44 bits per heavy atom. The Morgan fingerprint density at radius 1 is 1.56 bits per heavy atom. The van der Waals surface area contributed by atoms with Crippen LogP contribution in [-0.2, 0) is 6.54 Å². The summed E-state index contributed by atoms with van der Waals surface area (Å²) in [6, 6.07) is 4.55. The number of nitrogens with one attached hydrogen (secondary N) is 1. The van der Waals surface area contributed by atoms with Crippen LogP contribution in [0, 0.1) is 6.92 Å². The van der Waals surface area contributed by atoms with Gasteiger partial charge in [0.2, 0.25) is 0 Å². The molecule has 86 valence electrons. The lowest BCUT2D eigenvalue weighted by molar-refractivity contribution is 0.510. The molecule has 0 bridgehead atoms. The van der Waals surface area contributed by atoms with E-state index in [1.165, 1.54) is 10.4 Å². The van der Waals surface area contributed by atoms with Crippen molar-refractivity contribution in [3.63, 3.8) is 0 Å². The van der Waals surface area contributed by atoms with Crippen LogP contribution in [0.5, 0.6) is 0 Å². The molecular formula is C12H17N3S. The van der Waals surface area contributed by atoms with E-state index in [1.807, 2.05) is 34.5 Å². The molecular weight excluding hydrogens is 218 g/mol. The minimum Gasteiger partial charge on any atom is -0.308 e. The van der Waals surface area contributed by atoms with Crippen LogP contribution < -0.4 is 5.32 Å². The van der Waals surface area contributed by atoms with Crippen LogP contribution in [0.4, 0.5) is 0 Å². The summed E-state index contributed by atoms with van der Waals surface area (Å²) in [4.78, 5) is 1.43. The van der Waals surface area contributed by atoms with Crippen molar-refractivity contribution in [3.05, 3.63) is 40.3 Å². The van der Waals surface area contributed by atoms with Gasteiger partial charge in [-0.2, -0.15) is 5.10 Å². The Morgan fingerprint density at radius 3 is 3.06 bits per heavy atom. The summed E-state index contributed by atoms with van der Waals surface area (Å²) in [7, 11) is 0. The van der Waals surface area contributed by atoms with Crippen LogP contribution in [0.1, 0.15) is 23.4 Å². The highest BCUT2D eigenvalue weighted by molar-refractivity contribution is 7.10. The molecule has 0 saturated heterocycles. The van der Waals surface area contributed by atoms with Gasteiger partial charge >= 0.3 is 0 Å². The zero-order chi connectivity index (χ0) is 11.4. The second-order valence-electron chi connectivity index (χ2n) is 3.91. The molecule has 0 spiro atoms. The second kappa shape index (κ2) is 5.27. The average molecular weight is 235 g/mol. The van der Waals surface area contributed by atoms with E-state index in [-0.39, 0.29) is 0 Å². The molecule has 0 radical (unpaired) electrons. The van der Waals surface area contributed by atoms with Gasteiger partial charge in [-0.3, -0.25) is 4.68 Å². The van der Waals surface area contributed by atoms with Crippen molar-refractivity contribution in [1.29, 1.82) is 0 Å².